The van der Waals surface area contributed by atoms with Gasteiger partial charge in [0.1, 0.15) is 5.60 Å². The number of rotatable bonds is 7. The summed E-state index contributed by atoms with van der Waals surface area (Å²) in [6.07, 6.45) is 9.61. The highest BCUT2D eigenvalue weighted by Crippen LogP contribution is 2.64. The van der Waals surface area contributed by atoms with Crippen LogP contribution < -0.4 is 0 Å². The Balaban J connectivity index is 0.000000205. The molecule has 0 aromatic heterocycles. The van der Waals surface area contributed by atoms with Crippen LogP contribution in [0.4, 0.5) is 0 Å². The van der Waals surface area contributed by atoms with Crippen LogP contribution in [0.2, 0.25) is 0 Å². The molecule has 4 aliphatic carbocycles. The van der Waals surface area contributed by atoms with E-state index in [1.165, 1.54) is 38.5 Å². The van der Waals surface area contributed by atoms with Crippen LogP contribution in [0.5, 0.6) is 0 Å². The zero-order valence-electron chi connectivity index (χ0n) is 21.5. The first-order chi connectivity index (χ1) is 15.5. The summed E-state index contributed by atoms with van der Waals surface area (Å²) < 4.78 is 15.7. The molecule has 6 heteroatoms. The first-order valence-electron chi connectivity index (χ1n) is 13.1. The molecule has 188 valence electrons. The highest BCUT2D eigenvalue weighted by molar-refractivity contribution is 5.81. The molecule has 0 amide bonds. The SMILES string of the molecule is CCC(C)C(=O)OC(C)(C)C12CC3CC(CC(C3)C1)C2.CCC(C)C(=O)OC1CCOC1=O. The van der Waals surface area contributed by atoms with E-state index in [1.807, 2.05) is 13.8 Å². The molecule has 1 saturated heterocycles. The first kappa shape index (κ1) is 26.0. The summed E-state index contributed by atoms with van der Waals surface area (Å²) in [6.45, 7) is 12.4. The van der Waals surface area contributed by atoms with Gasteiger partial charge in [0.2, 0.25) is 6.10 Å². The standard InChI is InChI=1S/C18H30O2.C9H14O4/c1-5-12(2)16(19)20-17(3,4)18-9-13-6-14(10-18)8-15(7-13)11-18;1-3-6(2)8(10)13-7-4-5-12-9(7)11/h12-15H,5-11H2,1-4H3;6-7H,3-5H2,1-2H3. The van der Waals surface area contributed by atoms with Gasteiger partial charge in [-0.05, 0) is 83.0 Å². The Labute approximate surface area is 199 Å². The average Bonchev–Trinajstić information content (AvgIpc) is 3.15. The van der Waals surface area contributed by atoms with Crippen LogP contribution in [0.1, 0.15) is 99.3 Å². The number of carbonyl (C=O) groups excluding carboxylic acids is 3. The zero-order chi connectivity index (χ0) is 24.4. The fourth-order valence-electron chi connectivity index (χ4n) is 6.48. The van der Waals surface area contributed by atoms with Crippen LogP contribution in [0, 0.1) is 35.0 Å². The minimum atomic E-state index is -0.665. The number of hydrogen-bond acceptors (Lipinski definition) is 6. The van der Waals surface area contributed by atoms with Gasteiger partial charge in [-0.25, -0.2) is 4.79 Å². The van der Waals surface area contributed by atoms with Gasteiger partial charge >= 0.3 is 17.9 Å². The third-order valence-electron chi connectivity index (χ3n) is 8.85. The van der Waals surface area contributed by atoms with Crippen molar-refractivity contribution in [2.45, 2.75) is 111 Å². The van der Waals surface area contributed by atoms with Gasteiger partial charge in [-0.2, -0.15) is 0 Å². The van der Waals surface area contributed by atoms with Gasteiger partial charge in [-0.3, -0.25) is 9.59 Å². The van der Waals surface area contributed by atoms with E-state index in [4.69, 9.17) is 9.47 Å². The van der Waals surface area contributed by atoms with Crippen molar-refractivity contribution in [3.63, 3.8) is 0 Å². The van der Waals surface area contributed by atoms with Gasteiger partial charge in [-0.15, -0.1) is 0 Å². The Morgan fingerprint density at radius 2 is 1.45 bits per heavy atom. The third-order valence-corrected chi connectivity index (χ3v) is 8.85. The molecule has 5 aliphatic rings. The van der Waals surface area contributed by atoms with Crippen LogP contribution in [0.15, 0.2) is 0 Å². The zero-order valence-corrected chi connectivity index (χ0v) is 21.5. The van der Waals surface area contributed by atoms with Crippen molar-refractivity contribution in [1.82, 2.24) is 0 Å². The molecule has 4 saturated carbocycles. The van der Waals surface area contributed by atoms with Crippen LogP contribution >= 0.6 is 0 Å². The van der Waals surface area contributed by atoms with Crippen molar-refractivity contribution in [2.75, 3.05) is 6.61 Å². The second-order valence-electron chi connectivity index (χ2n) is 11.6. The number of carbonyl (C=O) groups is 3. The van der Waals surface area contributed by atoms with Crippen molar-refractivity contribution in [2.24, 2.45) is 35.0 Å². The molecule has 5 fully saturated rings. The van der Waals surface area contributed by atoms with Gasteiger partial charge in [0, 0.05) is 11.8 Å². The molecule has 0 N–H and O–H groups in total. The maximum absolute atomic E-state index is 12.3. The molecule has 5 rings (SSSR count). The van der Waals surface area contributed by atoms with Crippen LogP contribution in [0.25, 0.3) is 0 Å². The van der Waals surface area contributed by atoms with E-state index in [0.717, 1.165) is 30.6 Å². The highest BCUT2D eigenvalue weighted by Gasteiger charge is 2.58. The molecule has 4 bridgehead atoms. The fourth-order valence-corrected chi connectivity index (χ4v) is 6.48. The van der Waals surface area contributed by atoms with E-state index < -0.39 is 12.1 Å². The lowest BCUT2D eigenvalue weighted by Crippen LogP contribution is -2.57. The molecule has 0 spiro atoms. The number of hydrogen-bond donors (Lipinski definition) is 0. The van der Waals surface area contributed by atoms with Crippen molar-refractivity contribution in [3.05, 3.63) is 0 Å². The summed E-state index contributed by atoms with van der Waals surface area (Å²) in [5.41, 5.74) is -0.0194. The van der Waals surface area contributed by atoms with E-state index in [2.05, 4.69) is 25.5 Å². The maximum atomic E-state index is 12.3. The van der Waals surface area contributed by atoms with Crippen molar-refractivity contribution in [3.8, 4) is 0 Å². The van der Waals surface area contributed by atoms with Crippen LogP contribution in [-0.2, 0) is 28.6 Å². The molecule has 1 heterocycles. The predicted octanol–water partition coefficient (Wildman–Crippen LogP) is 5.46. The normalized spacial score (nSPS) is 34.1. The highest BCUT2D eigenvalue weighted by atomic mass is 16.6. The monoisotopic (exact) mass is 464 g/mol. The summed E-state index contributed by atoms with van der Waals surface area (Å²) in [4.78, 5) is 34.4. The lowest BCUT2D eigenvalue weighted by molar-refractivity contribution is -0.201. The molecule has 0 radical (unpaired) electrons. The Bertz CT molecular complexity index is 691. The molecular formula is C27H44O6. The lowest BCUT2D eigenvalue weighted by Gasteiger charge is -2.61. The Hall–Kier alpha value is -1.59. The van der Waals surface area contributed by atoms with Gasteiger partial charge in [-0.1, -0.05) is 27.7 Å². The van der Waals surface area contributed by atoms with E-state index in [1.54, 1.807) is 6.92 Å². The van der Waals surface area contributed by atoms with Gasteiger partial charge in [0.25, 0.3) is 0 Å². The van der Waals surface area contributed by atoms with Crippen molar-refractivity contribution in [1.29, 1.82) is 0 Å². The summed E-state index contributed by atoms with van der Waals surface area (Å²) in [5.74, 6) is 1.88. The summed E-state index contributed by atoms with van der Waals surface area (Å²) >= 11 is 0. The Morgan fingerprint density at radius 3 is 1.88 bits per heavy atom. The largest absolute Gasteiger partial charge is 0.463 e. The van der Waals surface area contributed by atoms with Gasteiger partial charge in [0.15, 0.2) is 0 Å². The Kier molecular flexibility index (Phi) is 8.16. The molecule has 6 nitrogen and oxygen atoms in total. The van der Waals surface area contributed by atoms with E-state index in [9.17, 15) is 14.4 Å². The maximum Gasteiger partial charge on any atom is 0.347 e. The van der Waals surface area contributed by atoms with Crippen LogP contribution in [-0.4, -0.2) is 36.2 Å². The molecule has 3 atom stereocenters. The molecule has 33 heavy (non-hydrogen) atoms. The molecule has 0 aromatic rings. The third kappa shape index (κ3) is 5.74. The molecule has 3 unspecified atom stereocenters. The fraction of sp³-hybridized carbons (Fsp3) is 0.889. The average molecular weight is 465 g/mol. The lowest BCUT2D eigenvalue weighted by atomic mass is 9.46. The van der Waals surface area contributed by atoms with Crippen molar-refractivity contribution < 1.29 is 28.6 Å². The second-order valence-corrected chi connectivity index (χ2v) is 11.6. The number of ether oxygens (including phenoxy) is 3. The van der Waals surface area contributed by atoms with E-state index in [0.29, 0.717) is 13.0 Å². The van der Waals surface area contributed by atoms with Crippen LogP contribution in [0.3, 0.4) is 0 Å². The quantitative estimate of drug-likeness (QED) is 0.368. The first-order valence-corrected chi connectivity index (χ1v) is 13.1. The summed E-state index contributed by atoms with van der Waals surface area (Å²) in [5, 5.41) is 0. The predicted molar refractivity (Wildman–Crippen MR) is 125 cm³/mol. The Morgan fingerprint density at radius 1 is 0.970 bits per heavy atom. The minimum Gasteiger partial charge on any atom is -0.463 e. The molecule has 0 aromatic carbocycles. The minimum absolute atomic E-state index is 0.00763. The summed E-state index contributed by atoms with van der Waals surface area (Å²) in [7, 11) is 0. The molecule has 1 aliphatic heterocycles. The van der Waals surface area contributed by atoms with Gasteiger partial charge in [0.05, 0.1) is 18.4 Å². The number of cyclic esters (lactones) is 1. The van der Waals surface area contributed by atoms with Crippen molar-refractivity contribution >= 4 is 17.9 Å². The number of esters is 3. The van der Waals surface area contributed by atoms with Gasteiger partial charge < -0.3 is 14.2 Å². The molecular weight excluding hydrogens is 420 g/mol. The second kappa shape index (κ2) is 10.4. The van der Waals surface area contributed by atoms with E-state index >= 15 is 0 Å². The summed E-state index contributed by atoms with van der Waals surface area (Å²) in [6, 6.07) is 0. The topological polar surface area (TPSA) is 78.9 Å². The smallest absolute Gasteiger partial charge is 0.347 e. The van der Waals surface area contributed by atoms with E-state index in [-0.39, 0.29) is 34.8 Å².